The number of hydrogen-bond donors (Lipinski definition) is 1. The van der Waals surface area contributed by atoms with E-state index in [1.54, 1.807) is 18.2 Å². The summed E-state index contributed by atoms with van der Waals surface area (Å²) in [5.41, 5.74) is 0. The molecule has 0 aliphatic heterocycles. The Morgan fingerprint density at radius 2 is 2.18 bits per heavy atom. The highest BCUT2D eigenvalue weighted by Crippen LogP contribution is 1.86. The zero-order valence-electron chi connectivity index (χ0n) is 6.49. The lowest BCUT2D eigenvalue weighted by Gasteiger charge is -1.87. The second kappa shape index (κ2) is 7.02. The molecule has 1 N–H and O–H groups in total. The van der Waals surface area contributed by atoms with Crippen molar-refractivity contribution >= 4 is 5.97 Å². The zero-order chi connectivity index (χ0) is 8.53. The second-order valence-corrected chi connectivity index (χ2v) is 1.82. The molecule has 0 fully saturated rings. The summed E-state index contributed by atoms with van der Waals surface area (Å²) in [6.07, 6.45) is 7.02. The van der Waals surface area contributed by atoms with E-state index in [0.29, 0.717) is 6.42 Å². The Kier molecular flexibility index (Phi) is 6.33. The van der Waals surface area contributed by atoms with Crippen LogP contribution in [0.2, 0.25) is 0 Å². The molecule has 0 spiro atoms. The highest BCUT2D eigenvalue weighted by molar-refractivity contribution is 5.81. The lowest BCUT2D eigenvalue weighted by atomic mass is 10.3. The van der Waals surface area contributed by atoms with Gasteiger partial charge in [-0.05, 0) is 6.42 Å². The molecule has 11 heavy (non-hydrogen) atoms. The van der Waals surface area contributed by atoms with Crippen LogP contribution in [-0.2, 0) is 9.53 Å². The van der Waals surface area contributed by atoms with Crippen LogP contribution < -0.4 is 0 Å². The zero-order valence-corrected chi connectivity index (χ0v) is 6.49. The van der Waals surface area contributed by atoms with Gasteiger partial charge in [0.05, 0.1) is 13.7 Å². The van der Waals surface area contributed by atoms with Crippen molar-refractivity contribution in [3.05, 3.63) is 24.3 Å². The van der Waals surface area contributed by atoms with E-state index < -0.39 is 0 Å². The fourth-order valence-electron chi connectivity index (χ4n) is 0.482. The molecular formula is C8H12O3. The smallest absolute Gasteiger partial charge is 0.330 e. The summed E-state index contributed by atoms with van der Waals surface area (Å²) in [5.74, 6) is -0.359. The molecule has 0 radical (unpaired) electrons. The minimum Gasteiger partial charge on any atom is -0.466 e. The van der Waals surface area contributed by atoms with Crippen molar-refractivity contribution in [3.63, 3.8) is 0 Å². The number of rotatable bonds is 4. The monoisotopic (exact) mass is 156 g/mol. The third kappa shape index (κ3) is 6.80. The third-order valence-corrected chi connectivity index (χ3v) is 0.999. The van der Waals surface area contributed by atoms with Crippen LogP contribution >= 0.6 is 0 Å². The molecule has 62 valence electrons. The Hall–Kier alpha value is -1.09. The van der Waals surface area contributed by atoms with Gasteiger partial charge in [-0.1, -0.05) is 18.2 Å². The maximum atomic E-state index is 10.5. The van der Waals surface area contributed by atoms with Crippen LogP contribution in [0.15, 0.2) is 24.3 Å². The van der Waals surface area contributed by atoms with E-state index in [9.17, 15) is 4.79 Å². The lowest BCUT2D eigenvalue weighted by Crippen LogP contribution is -1.92. The number of ether oxygens (including phenoxy) is 1. The molecule has 3 heteroatoms. The second-order valence-electron chi connectivity index (χ2n) is 1.82. The topological polar surface area (TPSA) is 46.5 Å². The summed E-state index contributed by atoms with van der Waals surface area (Å²) in [6, 6.07) is 0. The largest absolute Gasteiger partial charge is 0.466 e. The first kappa shape index (κ1) is 9.91. The van der Waals surface area contributed by atoms with Crippen LogP contribution in [0, 0.1) is 0 Å². The molecule has 0 saturated heterocycles. The van der Waals surface area contributed by atoms with Crippen molar-refractivity contribution < 1.29 is 14.6 Å². The number of carbonyl (C=O) groups excluding carboxylic acids is 1. The quantitative estimate of drug-likeness (QED) is 0.369. The molecule has 0 amide bonds. The van der Waals surface area contributed by atoms with E-state index in [0.717, 1.165) is 0 Å². The van der Waals surface area contributed by atoms with Gasteiger partial charge in [0.15, 0.2) is 0 Å². The number of hydrogen-bond acceptors (Lipinski definition) is 3. The maximum absolute atomic E-state index is 10.5. The molecule has 3 nitrogen and oxygen atoms in total. The van der Waals surface area contributed by atoms with Crippen molar-refractivity contribution in [1.29, 1.82) is 0 Å². The number of carbonyl (C=O) groups is 1. The average Bonchev–Trinajstić information content (AvgIpc) is 2.04. The first-order valence-corrected chi connectivity index (χ1v) is 3.31. The maximum Gasteiger partial charge on any atom is 0.330 e. The van der Waals surface area contributed by atoms with Crippen molar-refractivity contribution in [3.8, 4) is 0 Å². The fraction of sp³-hybridized carbons (Fsp3) is 0.375. The van der Waals surface area contributed by atoms with Crippen molar-refractivity contribution in [1.82, 2.24) is 0 Å². The van der Waals surface area contributed by atoms with Crippen LogP contribution in [0.3, 0.4) is 0 Å². The highest BCUT2D eigenvalue weighted by atomic mass is 16.5. The summed E-state index contributed by atoms with van der Waals surface area (Å²) in [5, 5.41) is 8.32. The molecule has 0 aliphatic rings. The van der Waals surface area contributed by atoms with Gasteiger partial charge in [-0.3, -0.25) is 0 Å². The van der Waals surface area contributed by atoms with Crippen LogP contribution in [0.5, 0.6) is 0 Å². The molecule has 0 aliphatic carbocycles. The molecule has 0 unspecified atom stereocenters. The minimum atomic E-state index is -0.359. The summed E-state index contributed by atoms with van der Waals surface area (Å²) in [6.45, 7) is 0.0338. The van der Waals surface area contributed by atoms with E-state index in [2.05, 4.69) is 4.74 Å². The lowest BCUT2D eigenvalue weighted by molar-refractivity contribution is -0.134. The summed E-state index contributed by atoms with van der Waals surface area (Å²) in [4.78, 5) is 10.5. The normalized spacial score (nSPS) is 11.1. The van der Waals surface area contributed by atoms with Gasteiger partial charge < -0.3 is 9.84 Å². The number of allylic oxidation sites excluding steroid dienone is 2. The predicted octanol–water partition coefficient (Wildman–Crippen LogP) is 0.654. The summed E-state index contributed by atoms with van der Waals surface area (Å²) < 4.78 is 4.36. The average molecular weight is 156 g/mol. The van der Waals surface area contributed by atoms with Crippen LogP contribution in [-0.4, -0.2) is 24.8 Å². The Balaban J connectivity index is 3.44. The van der Waals surface area contributed by atoms with E-state index in [-0.39, 0.29) is 12.6 Å². The van der Waals surface area contributed by atoms with Gasteiger partial charge in [0.1, 0.15) is 0 Å². The Labute approximate surface area is 66.0 Å². The van der Waals surface area contributed by atoms with Crippen molar-refractivity contribution in [2.45, 2.75) is 6.42 Å². The first-order chi connectivity index (χ1) is 5.31. The van der Waals surface area contributed by atoms with Crippen LogP contribution in [0.1, 0.15) is 6.42 Å². The van der Waals surface area contributed by atoms with E-state index in [1.807, 2.05) is 0 Å². The summed E-state index contributed by atoms with van der Waals surface area (Å²) >= 11 is 0. The molecule has 0 heterocycles. The standard InChI is InChI=1S/C8H12O3/c1-11-8(10)6-4-2-3-5-7-9/h3-6,9H,2,7H2,1H3. The molecule has 0 rings (SSSR count). The van der Waals surface area contributed by atoms with Gasteiger partial charge in [-0.2, -0.15) is 0 Å². The molecule has 0 bridgehead atoms. The molecular weight excluding hydrogens is 144 g/mol. The van der Waals surface area contributed by atoms with Gasteiger partial charge in [0.2, 0.25) is 0 Å². The van der Waals surface area contributed by atoms with E-state index >= 15 is 0 Å². The van der Waals surface area contributed by atoms with Gasteiger partial charge in [0, 0.05) is 6.08 Å². The molecule has 0 atom stereocenters. The number of aliphatic hydroxyl groups is 1. The van der Waals surface area contributed by atoms with E-state index in [4.69, 9.17) is 5.11 Å². The van der Waals surface area contributed by atoms with Crippen molar-refractivity contribution in [2.75, 3.05) is 13.7 Å². The van der Waals surface area contributed by atoms with Gasteiger partial charge in [-0.15, -0.1) is 0 Å². The summed E-state index contributed by atoms with van der Waals surface area (Å²) in [7, 11) is 1.33. The highest BCUT2D eigenvalue weighted by Gasteiger charge is 1.86. The van der Waals surface area contributed by atoms with Gasteiger partial charge in [0.25, 0.3) is 0 Å². The van der Waals surface area contributed by atoms with Gasteiger partial charge >= 0.3 is 5.97 Å². The number of aliphatic hydroxyl groups excluding tert-OH is 1. The SMILES string of the molecule is COC(=O)C=CCC=CCO. The van der Waals surface area contributed by atoms with Crippen LogP contribution in [0.25, 0.3) is 0 Å². The van der Waals surface area contributed by atoms with Crippen LogP contribution in [0.4, 0.5) is 0 Å². The number of esters is 1. The first-order valence-electron chi connectivity index (χ1n) is 3.31. The molecule has 0 aromatic heterocycles. The molecule has 0 saturated carbocycles. The number of methoxy groups -OCH3 is 1. The Morgan fingerprint density at radius 3 is 2.73 bits per heavy atom. The van der Waals surface area contributed by atoms with Gasteiger partial charge in [-0.25, -0.2) is 4.79 Å². The fourth-order valence-corrected chi connectivity index (χ4v) is 0.482. The van der Waals surface area contributed by atoms with Crippen molar-refractivity contribution in [2.24, 2.45) is 0 Å². The minimum absolute atomic E-state index is 0.0338. The predicted molar refractivity (Wildman–Crippen MR) is 42.0 cm³/mol. The Morgan fingerprint density at radius 1 is 1.45 bits per heavy atom. The third-order valence-electron chi connectivity index (χ3n) is 0.999. The van der Waals surface area contributed by atoms with E-state index in [1.165, 1.54) is 13.2 Å². The Bertz CT molecular complexity index is 159. The molecule has 0 aromatic rings. The molecule has 0 aromatic carbocycles.